The fourth-order valence-electron chi connectivity index (χ4n) is 4.21. The van der Waals surface area contributed by atoms with Gasteiger partial charge < -0.3 is 0 Å². The fourth-order valence-corrected chi connectivity index (χ4v) is 4.21. The van der Waals surface area contributed by atoms with Gasteiger partial charge >= 0.3 is 0 Å². The molecule has 0 aromatic heterocycles. The lowest BCUT2D eigenvalue weighted by Crippen LogP contribution is -2.04. The Labute approximate surface area is 181 Å². The highest BCUT2D eigenvalue weighted by molar-refractivity contribution is 6.21. The van der Waals surface area contributed by atoms with Crippen molar-refractivity contribution in [3.05, 3.63) is 80.9 Å². The largest absolute Gasteiger partial charge is 0.206 e. The lowest BCUT2D eigenvalue weighted by atomic mass is 10.1. The van der Waals surface area contributed by atoms with Crippen molar-refractivity contribution in [1.29, 1.82) is 5.26 Å². The third-order valence-electron chi connectivity index (χ3n) is 5.53. The van der Waals surface area contributed by atoms with Crippen LogP contribution in [-0.4, -0.2) is 0 Å². The lowest BCUT2D eigenvalue weighted by Gasteiger charge is -2.01. The number of nitriles is 1. The van der Waals surface area contributed by atoms with Crippen molar-refractivity contribution in [3.8, 4) is 6.19 Å². The molecule has 0 heterocycles. The van der Waals surface area contributed by atoms with E-state index in [2.05, 4.69) is 15.0 Å². The molecule has 0 N–H and O–H groups in total. The first-order chi connectivity index (χ1) is 16.1. The SMILES string of the molecule is [C-]#[N+]/N=c1/c2cc3c(cc2c2c(F)c(F)c(F)c(F)c12)/c(=N/C#N)c1c(F)c(F)c(F)c(F)c13. The van der Waals surface area contributed by atoms with Gasteiger partial charge in [-0.1, -0.05) is 0 Å². The van der Waals surface area contributed by atoms with Gasteiger partial charge in [-0.05, 0) is 22.9 Å². The Morgan fingerprint density at radius 2 is 0.971 bits per heavy atom. The van der Waals surface area contributed by atoms with E-state index in [4.69, 9.17) is 11.8 Å². The molecule has 0 fully saturated rings. The van der Waals surface area contributed by atoms with Crippen LogP contribution in [0.1, 0.15) is 0 Å². The second kappa shape index (κ2) is 6.96. The summed E-state index contributed by atoms with van der Waals surface area (Å²) in [5.74, 6) is -16.1. The molecule has 0 bridgehead atoms. The van der Waals surface area contributed by atoms with Crippen molar-refractivity contribution >= 4 is 43.1 Å². The summed E-state index contributed by atoms with van der Waals surface area (Å²) in [5, 5.41) is 6.06. The molecule has 5 aromatic rings. The highest BCUT2D eigenvalue weighted by atomic mass is 19.2. The number of nitrogens with zero attached hydrogens (tertiary/aromatic N) is 4. The predicted molar refractivity (Wildman–Crippen MR) is 102 cm³/mol. The lowest BCUT2D eigenvalue weighted by molar-refractivity contribution is 0.418. The maximum absolute atomic E-state index is 14.7. The van der Waals surface area contributed by atoms with Crippen LogP contribution >= 0.6 is 0 Å². The van der Waals surface area contributed by atoms with Gasteiger partial charge in [0, 0.05) is 21.5 Å². The summed E-state index contributed by atoms with van der Waals surface area (Å²) in [4.78, 5) is 6.03. The van der Waals surface area contributed by atoms with E-state index in [1.807, 2.05) is 0 Å². The Kier molecular flexibility index (Phi) is 4.35. The van der Waals surface area contributed by atoms with E-state index in [1.165, 1.54) is 6.19 Å². The maximum Gasteiger partial charge on any atom is 0.206 e. The molecular weight excluding hydrogens is 472 g/mol. The van der Waals surface area contributed by atoms with Gasteiger partial charge in [-0.15, -0.1) is 4.95 Å². The number of fused-ring (bicyclic) bond motifs is 6. The first-order valence-electron chi connectivity index (χ1n) is 8.98. The molecule has 0 aliphatic carbocycles. The van der Waals surface area contributed by atoms with Crippen LogP contribution < -0.4 is 10.7 Å². The molecule has 0 amide bonds. The van der Waals surface area contributed by atoms with Crippen molar-refractivity contribution in [1.82, 2.24) is 0 Å². The highest BCUT2D eigenvalue weighted by Crippen LogP contribution is 2.38. The zero-order chi connectivity index (χ0) is 24.6. The van der Waals surface area contributed by atoms with E-state index in [9.17, 15) is 35.1 Å². The molecule has 5 rings (SSSR count). The molecule has 0 unspecified atom stereocenters. The number of rotatable bonds is 0. The molecule has 0 radical (unpaired) electrons. The average molecular weight is 474 g/mol. The predicted octanol–water partition coefficient (Wildman–Crippen LogP) is 5.40. The third-order valence-corrected chi connectivity index (χ3v) is 5.53. The molecule has 0 atom stereocenters. The molecule has 34 heavy (non-hydrogen) atoms. The number of halogens is 8. The molecule has 0 spiro atoms. The zero-order valence-electron chi connectivity index (χ0n) is 16.0. The van der Waals surface area contributed by atoms with Crippen LogP contribution in [0.15, 0.2) is 22.2 Å². The highest BCUT2D eigenvalue weighted by Gasteiger charge is 2.29. The second-order valence-corrected chi connectivity index (χ2v) is 7.06. The number of hydrogen-bond acceptors (Lipinski definition) is 3. The number of benzene rings is 3. The Bertz CT molecular complexity index is 1830. The summed E-state index contributed by atoms with van der Waals surface area (Å²) in [7, 11) is 0. The van der Waals surface area contributed by atoms with E-state index in [0.717, 1.165) is 12.1 Å². The molecule has 5 aromatic carbocycles. The molecule has 166 valence electrons. The van der Waals surface area contributed by atoms with E-state index < -0.39 is 78.8 Å². The first-order valence-corrected chi connectivity index (χ1v) is 8.98. The Morgan fingerprint density at radius 1 is 0.588 bits per heavy atom. The van der Waals surface area contributed by atoms with Crippen LogP contribution in [-0.2, 0) is 0 Å². The monoisotopic (exact) mass is 474 g/mol. The van der Waals surface area contributed by atoms with Crippen molar-refractivity contribution in [2.75, 3.05) is 0 Å². The molecule has 0 aliphatic heterocycles. The fraction of sp³-hybridized carbons (Fsp3) is 0. The van der Waals surface area contributed by atoms with Gasteiger partial charge in [0.2, 0.25) is 6.19 Å². The van der Waals surface area contributed by atoms with Crippen LogP contribution in [0.4, 0.5) is 35.1 Å². The van der Waals surface area contributed by atoms with Crippen molar-refractivity contribution in [3.63, 3.8) is 0 Å². The summed E-state index contributed by atoms with van der Waals surface area (Å²) >= 11 is 0. The quantitative estimate of drug-likeness (QED) is 0.0740. The molecular formula is C22H2F8N4. The van der Waals surface area contributed by atoms with E-state index in [1.54, 1.807) is 0 Å². The maximum atomic E-state index is 14.7. The summed E-state index contributed by atoms with van der Waals surface area (Å²) in [5.41, 5.74) is 0. The van der Waals surface area contributed by atoms with Gasteiger partial charge in [-0.3, -0.25) is 0 Å². The average Bonchev–Trinajstić information content (AvgIpc) is 3.30. The van der Waals surface area contributed by atoms with Crippen molar-refractivity contribution in [2.24, 2.45) is 10.1 Å². The number of hydrogen-bond donors (Lipinski definition) is 0. The summed E-state index contributed by atoms with van der Waals surface area (Å²) in [6.45, 7) is 6.94. The standard InChI is InChI=1S/C22H2F8N4/c1-32-34-22-8-3-5-7(2-6(8)10-12(22)16(26)20(30)18(28)14(10)24)21(33-4-31)11-9(5)13(23)17(27)19(29)15(11)25/h2-3H/b33-21-,34-22-. The van der Waals surface area contributed by atoms with Crippen LogP contribution in [0.25, 0.3) is 48.0 Å². The van der Waals surface area contributed by atoms with Gasteiger partial charge in [0.05, 0.1) is 21.2 Å². The van der Waals surface area contributed by atoms with Gasteiger partial charge in [-0.2, -0.15) is 16.8 Å². The van der Waals surface area contributed by atoms with E-state index in [0.29, 0.717) is 0 Å². The minimum atomic E-state index is -2.17. The molecule has 0 aliphatic rings. The molecule has 4 nitrogen and oxygen atoms in total. The Balaban J connectivity index is 2.22. The topological polar surface area (TPSA) is 52.9 Å². The van der Waals surface area contributed by atoms with E-state index in [-0.39, 0.29) is 21.5 Å². The summed E-state index contributed by atoms with van der Waals surface area (Å²) in [6, 6.07) is 1.81. The molecule has 0 saturated heterocycles. The van der Waals surface area contributed by atoms with Crippen LogP contribution in [0, 0.1) is 64.6 Å². The van der Waals surface area contributed by atoms with Crippen molar-refractivity contribution < 1.29 is 35.1 Å². The third kappa shape index (κ3) is 2.39. The normalized spacial score (nSPS) is 13.0. The van der Waals surface area contributed by atoms with Gasteiger partial charge in [0.1, 0.15) is 0 Å². The molecule has 12 heteroatoms. The van der Waals surface area contributed by atoms with Gasteiger partial charge in [-0.25, -0.2) is 35.1 Å². The summed E-state index contributed by atoms with van der Waals surface area (Å²) < 4.78 is 114. The van der Waals surface area contributed by atoms with Crippen LogP contribution in [0.3, 0.4) is 0 Å². The minimum Gasteiger partial charge on any atom is -0.203 e. The second-order valence-electron chi connectivity index (χ2n) is 7.06. The Morgan fingerprint density at radius 3 is 1.38 bits per heavy atom. The minimum absolute atomic E-state index is 0.332. The molecule has 0 saturated carbocycles. The van der Waals surface area contributed by atoms with Gasteiger partial charge in [0.25, 0.3) is 0 Å². The Hall–Kier alpha value is -4.58. The van der Waals surface area contributed by atoms with Gasteiger partial charge in [0.15, 0.2) is 51.9 Å². The van der Waals surface area contributed by atoms with Crippen molar-refractivity contribution in [2.45, 2.75) is 0 Å². The van der Waals surface area contributed by atoms with Crippen LogP contribution in [0.5, 0.6) is 0 Å². The smallest absolute Gasteiger partial charge is 0.203 e. The first kappa shape index (κ1) is 21.3. The van der Waals surface area contributed by atoms with E-state index >= 15 is 0 Å². The van der Waals surface area contributed by atoms with Crippen LogP contribution in [0.2, 0.25) is 0 Å². The zero-order valence-corrected chi connectivity index (χ0v) is 16.0. The summed E-state index contributed by atoms with van der Waals surface area (Å²) in [6.07, 6.45) is 1.30.